The molecule has 118 valence electrons. The molecule has 1 atom stereocenters. The molecule has 2 rings (SSSR count). The molecule has 0 saturated carbocycles. The number of nitrogens with one attached hydrogen (secondary N) is 1. The summed E-state index contributed by atoms with van der Waals surface area (Å²) in [6, 6.07) is 9.84. The van der Waals surface area contributed by atoms with E-state index in [1.165, 1.54) is 43.4 Å². The highest BCUT2D eigenvalue weighted by molar-refractivity contribution is 5.23. The van der Waals surface area contributed by atoms with E-state index < -0.39 is 0 Å². The second-order valence-corrected chi connectivity index (χ2v) is 7.01. The van der Waals surface area contributed by atoms with Crippen molar-refractivity contribution in [1.82, 2.24) is 10.2 Å². The summed E-state index contributed by atoms with van der Waals surface area (Å²) in [5.74, 6) is 0.714. The molecule has 1 unspecified atom stereocenters. The van der Waals surface area contributed by atoms with Gasteiger partial charge in [0.25, 0.3) is 0 Å². The van der Waals surface area contributed by atoms with Crippen LogP contribution in [0, 0.1) is 5.92 Å². The molecule has 0 aliphatic carbocycles. The highest BCUT2D eigenvalue weighted by Crippen LogP contribution is 2.19. The minimum atomic E-state index is 0.714. The molecule has 1 fully saturated rings. The fourth-order valence-corrected chi connectivity index (χ4v) is 3.15. The molecule has 0 aromatic heterocycles. The summed E-state index contributed by atoms with van der Waals surface area (Å²) in [4.78, 5) is 2.66. The predicted octanol–water partition coefficient (Wildman–Crippen LogP) is 4.20. The summed E-state index contributed by atoms with van der Waals surface area (Å²) in [5, 5.41) is 3.54. The third-order valence-electron chi connectivity index (χ3n) is 4.45. The Bertz CT molecular complexity index is 414. The van der Waals surface area contributed by atoms with Gasteiger partial charge in [-0.3, -0.25) is 4.90 Å². The minimum absolute atomic E-state index is 0.714. The largest absolute Gasteiger partial charge is 0.312 e. The van der Waals surface area contributed by atoms with Crippen LogP contribution in [-0.4, -0.2) is 24.0 Å². The van der Waals surface area contributed by atoms with Crippen LogP contribution in [0.3, 0.4) is 0 Å². The van der Waals surface area contributed by atoms with Gasteiger partial charge in [-0.25, -0.2) is 0 Å². The maximum absolute atomic E-state index is 3.54. The normalized spacial score (nSPS) is 20.7. The van der Waals surface area contributed by atoms with E-state index in [2.05, 4.69) is 55.3 Å². The average molecular weight is 288 g/mol. The van der Waals surface area contributed by atoms with Gasteiger partial charge in [-0.1, -0.05) is 51.0 Å². The predicted molar refractivity (Wildman–Crippen MR) is 91.3 cm³/mol. The molecule has 0 bridgehead atoms. The van der Waals surface area contributed by atoms with Gasteiger partial charge in [0, 0.05) is 19.1 Å². The van der Waals surface area contributed by atoms with Gasteiger partial charge >= 0.3 is 0 Å². The Morgan fingerprint density at radius 1 is 1.19 bits per heavy atom. The van der Waals surface area contributed by atoms with Crippen molar-refractivity contribution in [2.24, 2.45) is 5.92 Å². The fraction of sp³-hybridized carbons (Fsp3) is 0.684. The van der Waals surface area contributed by atoms with Crippen molar-refractivity contribution < 1.29 is 0 Å². The lowest BCUT2D eigenvalue weighted by Crippen LogP contribution is -2.32. The molecule has 21 heavy (non-hydrogen) atoms. The zero-order chi connectivity index (χ0) is 15.1. The first-order chi connectivity index (χ1) is 10.1. The molecule has 2 nitrogen and oxygen atoms in total. The van der Waals surface area contributed by atoms with E-state index in [-0.39, 0.29) is 0 Å². The SMILES string of the molecule is CC(C)CNCc1cccc(CN2CCCCCC2C)c1. The van der Waals surface area contributed by atoms with Crippen LogP contribution in [0.1, 0.15) is 57.6 Å². The summed E-state index contributed by atoms with van der Waals surface area (Å²) in [6.45, 7) is 11.3. The quantitative estimate of drug-likeness (QED) is 0.844. The maximum Gasteiger partial charge on any atom is 0.0236 e. The molecule has 0 spiro atoms. The Kier molecular flexibility index (Phi) is 6.72. The number of benzene rings is 1. The molecule has 1 aromatic carbocycles. The van der Waals surface area contributed by atoms with Crippen molar-refractivity contribution in [3.05, 3.63) is 35.4 Å². The van der Waals surface area contributed by atoms with Crippen LogP contribution < -0.4 is 5.32 Å². The third-order valence-corrected chi connectivity index (χ3v) is 4.45. The van der Waals surface area contributed by atoms with Crippen molar-refractivity contribution in [2.45, 2.75) is 65.6 Å². The lowest BCUT2D eigenvalue weighted by atomic mass is 10.1. The van der Waals surface area contributed by atoms with Crippen molar-refractivity contribution in [1.29, 1.82) is 0 Å². The summed E-state index contributed by atoms with van der Waals surface area (Å²) in [6.07, 6.45) is 5.52. The first-order valence-electron chi connectivity index (χ1n) is 8.67. The summed E-state index contributed by atoms with van der Waals surface area (Å²) in [7, 11) is 0. The molecule has 0 radical (unpaired) electrons. The van der Waals surface area contributed by atoms with Gasteiger partial charge in [0.1, 0.15) is 0 Å². The molecule has 1 aromatic rings. The lowest BCUT2D eigenvalue weighted by Gasteiger charge is -2.27. The van der Waals surface area contributed by atoms with Gasteiger partial charge in [-0.2, -0.15) is 0 Å². The van der Waals surface area contributed by atoms with E-state index in [9.17, 15) is 0 Å². The summed E-state index contributed by atoms with van der Waals surface area (Å²) >= 11 is 0. The van der Waals surface area contributed by atoms with Crippen LogP contribution in [0.4, 0.5) is 0 Å². The van der Waals surface area contributed by atoms with Crippen LogP contribution in [0.2, 0.25) is 0 Å². The van der Waals surface area contributed by atoms with Crippen molar-refractivity contribution in [3.8, 4) is 0 Å². The Balaban J connectivity index is 1.90. The highest BCUT2D eigenvalue weighted by atomic mass is 15.1. The van der Waals surface area contributed by atoms with Gasteiger partial charge in [-0.15, -0.1) is 0 Å². The molecule has 0 amide bonds. The fourth-order valence-electron chi connectivity index (χ4n) is 3.15. The van der Waals surface area contributed by atoms with Gasteiger partial charge in [0.05, 0.1) is 0 Å². The van der Waals surface area contributed by atoms with Gasteiger partial charge in [0.2, 0.25) is 0 Å². The zero-order valence-corrected chi connectivity index (χ0v) is 14.1. The lowest BCUT2D eigenvalue weighted by molar-refractivity contribution is 0.205. The molecular weight excluding hydrogens is 256 g/mol. The van der Waals surface area contributed by atoms with Gasteiger partial charge < -0.3 is 5.32 Å². The number of hydrogen-bond acceptors (Lipinski definition) is 2. The van der Waals surface area contributed by atoms with E-state index in [1.807, 2.05) is 0 Å². The minimum Gasteiger partial charge on any atom is -0.312 e. The third kappa shape index (κ3) is 5.80. The molecule has 1 N–H and O–H groups in total. The Morgan fingerprint density at radius 3 is 2.81 bits per heavy atom. The molecule has 1 heterocycles. The zero-order valence-electron chi connectivity index (χ0n) is 14.1. The van der Waals surface area contributed by atoms with E-state index in [0.717, 1.165) is 25.7 Å². The van der Waals surface area contributed by atoms with E-state index >= 15 is 0 Å². The van der Waals surface area contributed by atoms with E-state index in [1.54, 1.807) is 0 Å². The molecule has 1 aliphatic heterocycles. The highest BCUT2D eigenvalue weighted by Gasteiger charge is 2.16. The van der Waals surface area contributed by atoms with Crippen LogP contribution >= 0.6 is 0 Å². The standard InChI is InChI=1S/C19H32N2/c1-16(2)13-20-14-18-9-7-10-19(12-18)15-21-11-6-4-5-8-17(21)3/h7,9-10,12,16-17,20H,4-6,8,11,13-15H2,1-3H3. The average Bonchev–Trinajstić information content (AvgIpc) is 2.64. The summed E-state index contributed by atoms with van der Waals surface area (Å²) < 4.78 is 0. The van der Waals surface area contributed by atoms with Crippen LogP contribution in [0.15, 0.2) is 24.3 Å². The van der Waals surface area contributed by atoms with E-state index in [0.29, 0.717) is 5.92 Å². The number of rotatable bonds is 6. The van der Waals surface area contributed by atoms with Crippen molar-refractivity contribution in [2.75, 3.05) is 13.1 Å². The van der Waals surface area contributed by atoms with Crippen molar-refractivity contribution >= 4 is 0 Å². The molecule has 1 aliphatic rings. The van der Waals surface area contributed by atoms with Gasteiger partial charge in [-0.05, 0) is 49.9 Å². The second kappa shape index (κ2) is 8.55. The molecule has 1 saturated heterocycles. The molecular formula is C19H32N2. The van der Waals surface area contributed by atoms with Crippen LogP contribution in [0.25, 0.3) is 0 Å². The maximum atomic E-state index is 3.54. The molecule has 2 heteroatoms. The van der Waals surface area contributed by atoms with Crippen molar-refractivity contribution in [3.63, 3.8) is 0 Å². The van der Waals surface area contributed by atoms with Crippen LogP contribution in [-0.2, 0) is 13.1 Å². The summed E-state index contributed by atoms with van der Waals surface area (Å²) in [5.41, 5.74) is 2.88. The Hall–Kier alpha value is -0.860. The number of nitrogens with zero attached hydrogens (tertiary/aromatic N) is 1. The smallest absolute Gasteiger partial charge is 0.0236 e. The van der Waals surface area contributed by atoms with Crippen LogP contribution in [0.5, 0.6) is 0 Å². The topological polar surface area (TPSA) is 15.3 Å². The van der Waals surface area contributed by atoms with Gasteiger partial charge in [0.15, 0.2) is 0 Å². The second-order valence-electron chi connectivity index (χ2n) is 7.01. The first kappa shape index (κ1) is 16.5. The Labute approximate surface area is 130 Å². The van der Waals surface area contributed by atoms with E-state index in [4.69, 9.17) is 0 Å². The Morgan fingerprint density at radius 2 is 2.00 bits per heavy atom. The number of hydrogen-bond donors (Lipinski definition) is 1. The number of likely N-dealkylation sites (tertiary alicyclic amines) is 1. The monoisotopic (exact) mass is 288 g/mol. The first-order valence-corrected chi connectivity index (χ1v) is 8.67.